The highest BCUT2D eigenvalue weighted by Crippen LogP contribution is 2.35. The van der Waals surface area contributed by atoms with Crippen LogP contribution in [0, 0.1) is 11.8 Å². The summed E-state index contributed by atoms with van der Waals surface area (Å²) in [4.78, 5) is 12.0. The van der Waals surface area contributed by atoms with Crippen molar-refractivity contribution in [2.75, 3.05) is 13.2 Å². The Kier molecular flexibility index (Phi) is 18.8. The molecule has 0 aliphatic heterocycles. The van der Waals surface area contributed by atoms with E-state index in [1.165, 1.54) is 128 Å². The maximum atomic E-state index is 12.0. The van der Waals surface area contributed by atoms with Crippen LogP contribution >= 0.6 is 0 Å². The highest BCUT2D eigenvalue weighted by molar-refractivity contribution is 5.96. The molecule has 4 nitrogen and oxygen atoms in total. The summed E-state index contributed by atoms with van der Waals surface area (Å²) < 4.78 is 12.1. The van der Waals surface area contributed by atoms with Gasteiger partial charge >= 0.3 is 5.97 Å². The first-order valence-corrected chi connectivity index (χ1v) is 18.8. The zero-order chi connectivity index (χ0) is 32.0. The molecule has 3 rings (SSSR count). The fourth-order valence-electron chi connectivity index (χ4n) is 6.96. The van der Waals surface area contributed by atoms with E-state index >= 15 is 0 Å². The summed E-state index contributed by atoms with van der Waals surface area (Å²) in [5.74, 6) is 2.48. The quantitative estimate of drug-likeness (QED) is 0.112. The van der Waals surface area contributed by atoms with Crippen LogP contribution in [0.2, 0.25) is 0 Å². The topological polar surface area (TPSA) is 55.8 Å². The molecule has 2 aromatic rings. The predicted octanol–water partition coefficient (Wildman–Crippen LogP) is 12.7. The number of carboxylic acids is 1. The Morgan fingerprint density at radius 3 is 1.64 bits per heavy atom. The van der Waals surface area contributed by atoms with Gasteiger partial charge in [0.15, 0.2) is 0 Å². The number of hydrogen-bond acceptors (Lipinski definition) is 3. The van der Waals surface area contributed by atoms with Crippen molar-refractivity contribution >= 4 is 5.97 Å². The monoisotopic (exact) mass is 620 g/mol. The van der Waals surface area contributed by atoms with E-state index < -0.39 is 5.97 Å². The van der Waals surface area contributed by atoms with Gasteiger partial charge in [-0.15, -0.1) is 0 Å². The van der Waals surface area contributed by atoms with Gasteiger partial charge in [-0.1, -0.05) is 148 Å². The van der Waals surface area contributed by atoms with E-state index in [1.807, 2.05) is 30.3 Å². The second-order valence-corrected chi connectivity index (χ2v) is 13.6. The molecule has 0 heterocycles. The summed E-state index contributed by atoms with van der Waals surface area (Å²) in [6.45, 7) is 5.95. The van der Waals surface area contributed by atoms with Gasteiger partial charge in [0.1, 0.15) is 11.5 Å². The molecule has 0 amide bonds. The van der Waals surface area contributed by atoms with Crippen LogP contribution in [-0.4, -0.2) is 24.3 Å². The van der Waals surface area contributed by atoms with Crippen molar-refractivity contribution in [2.24, 2.45) is 11.8 Å². The van der Waals surface area contributed by atoms with E-state index in [0.29, 0.717) is 17.7 Å². The molecule has 0 aromatic heterocycles. The Bertz CT molecular complexity index is 1040. The third-order valence-corrected chi connectivity index (χ3v) is 9.86. The van der Waals surface area contributed by atoms with E-state index in [0.717, 1.165) is 48.3 Å². The van der Waals surface area contributed by atoms with Crippen LogP contribution in [0.25, 0.3) is 11.1 Å². The molecule has 0 unspecified atom stereocenters. The molecule has 2 aromatic carbocycles. The van der Waals surface area contributed by atoms with Gasteiger partial charge in [0.05, 0.1) is 18.8 Å². The Balaban J connectivity index is 1.34. The lowest BCUT2D eigenvalue weighted by Gasteiger charge is -2.28. The van der Waals surface area contributed by atoms with E-state index in [1.54, 1.807) is 12.1 Å². The zero-order valence-electron chi connectivity index (χ0n) is 28.8. The second-order valence-electron chi connectivity index (χ2n) is 13.6. The number of carboxylic acid groups (broad SMARTS) is 1. The number of rotatable bonds is 25. The van der Waals surface area contributed by atoms with Crippen molar-refractivity contribution in [2.45, 2.75) is 155 Å². The molecule has 1 fully saturated rings. The first-order chi connectivity index (χ1) is 22.1. The number of aromatic carboxylic acids is 1. The number of carbonyl (C=O) groups is 1. The van der Waals surface area contributed by atoms with Crippen molar-refractivity contribution in [1.29, 1.82) is 0 Å². The summed E-state index contributed by atoms with van der Waals surface area (Å²) in [6, 6.07) is 13.2. The smallest absolute Gasteiger partial charge is 0.336 e. The Morgan fingerprint density at radius 2 is 1.07 bits per heavy atom. The summed E-state index contributed by atoms with van der Waals surface area (Å²) in [7, 11) is 0. The molecular formula is C41H64O4. The Hall–Kier alpha value is -2.49. The van der Waals surface area contributed by atoms with Crippen molar-refractivity contribution in [3.05, 3.63) is 48.0 Å². The van der Waals surface area contributed by atoms with Gasteiger partial charge in [-0.2, -0.15) is 0 Å². The van der Waals surface area contributed by atoms with Gasteiger partial charge in [0.2, 0.25) is 0 Å². The van der Waals surface area contributed by atoms with Crippen LogP contribution in [0.3, 0.4) is 0 Å². The minimum absolute atomic E-state index is 0.293. The molecule has 0 atom stereocenters. The number of hydrogen-bond donors (Lipinski definition) is 1. The number of benzene rings is 2. The van der Waals surface area contributed by atoms with E-state index in [4.69, 9.17) is 9.47 Å². The SMILES string of the molecule is CCCCCCCCCCCCOc1ccc(C(=O)O)c(-c2ccc(OCCCC3CCC(CCCCCCC)CC3)cc2)c1. The van der Waals surface area contributed by atoms with E-state index in [-0.39, 0.29) is 0 Å². The van der Waals surface area contributed by atoms with Crippen LogP contribution in [0.4, 0.5) is 0 Å². The molecule has 1 saturated carbocycles. The number of unbranched alkanes of at least 4 members (excludes halogenated alkanes) is 13. The normalized spacial score (nSPS) is 16.5. The first kappa shape index (κ1) is 37.0. The molecule has 0 spiro atoms. The zero-order valence-corrected chi connectivity index (χ0v) is 28.8. The molecule has 1 N–H and O–H groups in total. The third kappa shape index (κ3) is 15.1. The van der Waals surface area contributed by atoms with Gasteiger partial charge in [-0.3, -0.25) is 0 Å². The lowest BCUT2D eigenvalue weighted by atomic mass is 9.78. The minimum atomic E-state index is -0.924. The fourth-order valence-corrected chi connectivity index (χ4v) is 6.96. The fraction of sp³-hybridized carbons (Fsp3) is 0.683. The van der Waals surface area contributed by atoms with Gasteiger partial charge in [-0.05, 0) is 72.6 Å². The van der Waals surface area contributed by atoms with Crippen LogP contribution in [0.1, 0.15) is 165 Å². The van der Waals surface area contributed by atoms with Gasteiger partial charge in [-0.25, -0.2) is 4.79 Å². The summed E-state index contributed by atoms with van der Waals surface area (Å²) in [5, 5.41) is 9.82. The second kappa shape index (κ2) is 22.9. The van der Waals surface area contributed by atoms with E-state index in [9.17, 15) is 9.90 Å². The van der Waals surface area contributed by atoms with Crippen molar-refractivity contribution in [3.8, 4) is 22.6 Å². The lowest BCUT2D eigenvalue weighted by molar-refractivity contribution is 0.0697. The predicted molar refractivity (Wildman–Crippen MR) is 190 cm³/mol. The summed E-state index contributed by atoms with van der Waals surface area (Å²) >= 11 is 0. The third-order valence-electron chi connectivity index (χ3n) is 9.86. The Labute approximate surface area is 275 Å². The average Bonchev–Trinajstić information content (AvgIpc) is 3.06. The van der Waals surface area contributed by atoms with Crippen LogP contribution < -0.4 is 9.47 Å². The molecule has 4 heteroatoms. The van der Waals surface area contributed by atoms with E-state index in [2.05, 4.69) is 13.8 Å². The first-order valence-electron chi connectivity index (χ1n) is 18.8. The Morgan fingerprint density at radius 1 is 0.600 bits per heavy atom. The van der Waals surface area contributed by atoms with Gasteiger partial charge in [0.25, 0.3) is 0 Å². The average molecular weight is 621 g/mol. The maximum Gasteiger partial charge on any atom is 0.336 e. The van der Waals surface area contributed by atoms with Gasteiger partial charge < -0.3 is 14.6 Å². The van der Waals surface area contributed by atoms with Crippen LogP contribution in [0.5, 0.6) is 11.5 Å². The summed E-state index contributed by atoms with van der Waals surface area (Å²) in [6.07, 6.45) is 29.3. The lowest BCUT2D eigenvalue weighted by Crippen LogP contribution is -2.15. The van der Waals surface area contributed by atoms with Crippen molar-refractivity contribution in [1.82, 2.24) is 0 Å². The largest absolute Gasteiger partial charge is 0.494 e. The number of ether oxygens (including phenoxy) is 2. The molecule has 0 bridgehead atoms. The van der Waals surface area contributed by atoms with Crippen molar-refractivity contribution in [3.63, 3.8) is 0 Å². The maximum absolute atomic E-state index is 12.0. The van der Waals surface area contributed by atoms with Crippen LogP contribution in [-0.2, 0) is 0 Å². The highest BCUT2D eigenvalue weighted by Gasteiger charge is 2.20. The molecule has 1 aliphatic rings. The van der Waals surface area contributed by atoms with Gasteiger partial charge in [0, 0.05) is 0 Å². The minimum Gasteiger partial charge on any atom is -0.494 e. The van der Waals surface area contributed by atoms with Crippen LogP contribution in [0.15, 0.2) is 42.5 Å². The molecule has 252 valence electrons. The highest BCUT2D eigenvalue weighted by atomic mass is 16.5. The molecular weight excluding hydrogens is 556 g/mol. The standard InChI is InChI=1S/C41H64O4/c1-3-5-7-9-10-11-12-13-15-17-31-45-38-29-30-39(41(42)43)40(33-38)36-25-27-37(28-26-36)44-32-18-20-35-23-21-34(22-24-35)19-16-14-8-6-4-2/h25-30,33-35H,3-24,31-32H2,1-2H3,(H,42,43). The molecule has 45 heavy (non-hydrogen) atoms. The molecule has 1 aliphatic carbocycles. The molecule has 0 saturated heterocycles. The molecule has 0 radical (unpaired) electrons. The summed E-state index contributed by atoms with van der Waals surface area (Å²) in [5.41, 5.74) is 1.85. The van der Waals surface area contributed by atoms with Crippen molar-refractivity contribution < 1.29 is 19.4 Å².